The van der Waals surface area contributed by atoms with Crippen LogP contribution in [0.25, 0.3) is 10.6 Å². The third-order valence-corrected chi connectivity index (χ3v) is 4.38. The SMILES string of the molecule is Nc1nc(-c2sccc2Cl)c(Br)cc1Br. The van der Waals surface area contributed by atoms with Gasteiger partial charge in [0.1, 0.15) is 5.82 Å². The van der Waals surface area contributed by atoms with Crippen molar-refractivity contribution in [3.8, 4) is 10.6 Å². The first kappa shape index (κ1) is 11.4. The van der Waals surface area contributed by atoms with Gasteiger partial charge in [0.2, 0.25) is 0 Å². The first-order chi connectivity index (χ1) is 7.09. The largest absolute Gasteiger partial charge is 0.383 e. The molecule has 2 rings (SSSR count). The van der Waals surface area contributed by atoms with E-state index >= 15 is 0 Å². The van der Waals surface area contributed by atoms with E-state index in [1.807, 2.05) is 17.5 Å². The van der Waals surface area contributed by atoms with Gasteiger partial charge in [-0.15, -0.1) is 11.3 Å². The van der Waals surface area contributed by atoms with Crippen LogP contribution in [0.4, 0.5) is 5.82 Å². The number of hydrogen-bond acceptors (Lipinski definition) is 3. The highest BCUT2D eigenvalue weighted by Gasteiger charge is 2.12. The molecular formula is C9H5Br2ClN2S. The summed E-state index contributed by atoms with van der Waals surface area (Å²) in [4.78, 5) is 5.20. The van der Waals surface area contributed by atoms with Gasteiger partial charge in [0.25, 0.3) is 0 Å². The van der Waals surface area contributed by atoms with Crippen LogP contribution in [0.5, 0.6) is 0 Å². The van der Waals surface area contributed by atoms with Crippen LogP contribution in [0.1, 0.15) is 0 Å². The van der Waals surface area contributed by atoms with Crippen molar-refractivity contribution in [1.29, 1.82) is 0 Å². The fourth-order valence-electron chi connectivity index (χ4n) is 1.10. The molecule has 0 atom stereocenters. The maximum absolute atomic E-state index is 6.04. The molecule has 0 aliphatic rings. The van der Waals surface area contributed by atoms with Crippen molar-refractivity contribution in [2.24, 2.45) is 0 Å². The van der Waals surface area contributed by atoms with E-state index in [9.17, 15) is 0 Å². The minimum absolute atomic E-state index is 0.456. The molecule has 2 nitrogen and oxygen atoms in total. The molecule has 2 aromatic heterocycles. The second-order valence-electron chi connectivity index (χ2n) is 2.78. The summed E-state index contributed by atoms with van der Waals surface area (Å²) in [7, 11) is 0. The molecule has 0 radical (unpaired) electrons. The van der Waals surface area contributed by atoms with Crippen LogP contribution in [-0.2, 0) is 0 Å². The molecule has 0 bridgehead atoms. The van der Waals surface area contributed by atoms with Gasteiger partial charge in [0.15, 0.2) is 0 Å². The number of aromatic nitrogens is 1. The van der Waals surface area contributed by atoms with E-state index in [-0.39, 0.29) is 0 Å². The summed E-state index contributed by atoms with van der Waals surface area (Å²) in [6.07, 6.45) is 0. The van der Waals surface area contributed by atoms with Gasteiger partial charge in [-0.05, 0) is 49.4 Å². The van der Waals surface area contributed by atoms with Crippen LogP contribution in [0.15, 0.2) is 26.5 Å². The van der Waals surface area contributed by atoms with Gasteiger partial charge < -0.3 is 5.73 Å². The predicted octanol–water partition coefficient (Wildman–Crippen LogP) is 4.57. The van der Waals surface area contributed by atoms with E-state index in [0.29, 0.717) is 10.8 Å². The molecule has 0 saturated carbocycles. The Balaban J connectivity index is 2.64. The maximum atomic E-state index is 6.04. The van der Waals surface area contributed by atoms with Crippen LogP contribution in [-0.4, -0.2) is 4.98 Å². The number of nitrogens with two attached hydrogens (primary N) is 1. The van der Waals surface area contributed by atoms with Crippen LogP contribution < -0.4 is 5.73 Å². The highest BCUT2D eigenvalue weighted by Crippen LogP contribution is 2.38. The Bertz CT molecular complexity index is 513. The highest BCUT2D eigenvalue weighted by atomic mass is 79.9. The zero-order valence-electron chi connectivity index (χ0n) is 7.30. The molecular weight excluding hydrogens is 363 g/mol. The van der Waals surface area contributed by atoms with Gasteiger partial charge in [-0.3, -0.25) is 0 Å². The van der Waals surface area contributed by atoms with Crippen molar-refractivity contribution in [2.45, 2.75) is 0 Å². The summed E-state index contributed by atoms with van der Waals surface area (Å²) >= 11 is 14.3. The third kappa shape index (κ3) is 2.20. The lowest BCUT2D eigenvalue weighted by molar-refractivity contribution is 1.31. The van der Waals surface area contributed by atoms with Gasteiger partial charge >= 0.3 is 0 Å². The summed E-state index contributed by atoms with van der Waals surface area (Å²) in [6.45, 7) is 0. The number of rotatable bonds is 1. The first-order valence-corrected chi connectivity index (χ1v) is 6.79. The van der Waals surface area contributed by atoms with Crippen molar-refractivity contribution >= 4 is 60.6 Å². The fourth-order valence-corrected chi connectivity index (χ4v) is 3.52. The summed E-state index contributed by atoms with van der Waals surface area (Å²) in [5.74, 6) is 0.456. The van der Waals surface area contributed by atoms with E-state index in [4.69, 9.17) is 17.3 Å². The zero-order chi connectivity index (χ0) is 11.0. The minimum atomic E-state index is 0.456. The van der Waals surface area contributed by atoms with E-state index in [2.05, 4.69) is 36.8 Å². The molecule has 15 heavy (non-hydrogen) atoms. The second kappa shape index (κ2) is 4.41. The molecule has 0 amide bonds. The van der Waals surface area contributed by atoms with E-state index in [1.54, 1.807) is 0 Å². The number of anilines is 1. The lowest BCUT2D eigenvalue weighted by atomic mass is 10.3. The standard InChI is InChI=1S/C9H5Br2ClN2S/c10-4-3-5(11)9(13)14-7(4)8-6(12)1-2-15-8/h1-3H,(H2,13,14). The Hall–Kier alpha value is -0.100. The van der Waals surface area contributed by atoms with Gasteiger partial charge in [0.05, 0.1) is 20.1 Å². The summed E-state index contributed by atoms with van der Waals surface area (Å²) in [5.41, 5.74) is 6.50. The summed E-state index contributed by atoms with van der Waals surface area (Å²) in [6, 6.07) is 3.71. The van der Waals surface area contributed by atoms with Gasteiger partial charge in [-0.25, -0.2) is 4.98 Å². The summed E-state index contributed by atoms with van der Waals surface area (Å²) in [5, 5.41) is 2.61. The van der Waals surface area contributed by atoms with E-state index < -0.39 is 0 Å². The maximum Gasteiger partial charge on any atom is 0.138 e. The van der Waals surface area contributed by atoms with Crippen molar-refractivity contribution in [1.82, 2.24) is 4.98 Å². The molecule has 2 heterocycles. The lowest BCUT2D eigenvalue weighted by Gasteiger charge is -2.05. The van der Waals surface area contributed by atoms with Crippen molar-refractivity contribution in [3.63, 3.8) is 0 Å². The molecule has 78 valence electrons. The number of halogens is 3. The lowest BCUT2D eigenvalue weighted by Crippen LogP contribution is -1.94. The number of nitrogens with zero attached hydrogens (tertiary/aromatic N) is 1. The van der Waals surface area contributed by atoms with Crippen LogP contribution >= 0.6 is 54.8 Å². The van der Waals surface area contributed by atoms with Crippen molar-refractivity contribution < 1.29 is 0 Å². The zero-order valence-corrected chi connectivity index (χ0v) is 12.0. The smallest absolute Gasteiger partial charge is 0.138 e. The molecule has 2 aromatic rings. The average Bonchev–Trinajstić information content (AvgIpc) is 2.58. The Morgan fingerprint density at radius 1 is 1.33 bits per heavy atom. The molecule has 0 unspecified atom stereocenters. The molecule has 0 saturated heterocycles. The average molecular weight is 368 g/mol. The molecule has 2 N–H and O–H groups in total. The van der Waals surface area contributed by atoms with E-state index in [1.165, 1.54) is 11.3 Å². The van der Waals surface area contributed by atoms with Gasteiger partial charge in [0, 0.05) is 4.47 Å². The minimum Gasteiger partial charge on any atom is -0.383 e. The second-order valence-corrected chi connectivity index (χ2v) is 5.82. The Kier molecular flexibility index (Phi) is 3.35. The molecule has 0 aliphatic carbocycles. The fraction of sp³-hybridized carbons (Fsp3) is 0. The molecule has 6 heteroatoms. The first-order valence-electron chi connectivity index (χ1n) is 3.94. The van der Waals surface area contributed by atoms with Crippen molar-refractivity contribution in [3.05, 3.63) is 31.5 Å². The normalized spacial score (nSPS) is 10.6. The number of hydrogen-bond donors (Lipinski definition) is 1. The van der Waals surface area contributed by atoms with Crippen LogP contribution in [0.2, 0.25) is 5.02 Å². The molecule has 0 aromatic carbocycles. The van der Waals surface area contributed by atoms with E-state index in [0.717, 1.165) is 19.5 Å². The molecule has 0 spiro atoms. The Morgan fingerprint density at radius 2 is 2.07 bits per heavy atom. The Labute approximate surface area is 113 Å². The Morgan fingerprint density at radius 3 is 2.67 bits per heavy atom. The summed E-state index contributed by atoms with van der Waals surface area (Å²) < 4.78 is 1.64. The number of thiophene rings is 1. The number of nitrogen functional groups attached to an aromatic ring is 1. The van der Waals surface area contributed by atoms with Crippen LogP contribution in [0.3, 0.4) is 0 Å². The monoisotopic (exact) mass is 366 g/mol. The molecule has 0 fully saturated rings. The molecule has 0 aliphatic heterocycles. The number of pyridine rings is 1. The van der Waals surface area contributed by atoms with Crippen LogP contribution in [0, 0.1) is 0 Å². The topological polar surface area (TPSA) is 38.9 Å². The van der Waals surface area contributed by atoms with Crippen molar-refractivity contribution in [2.75, 3.05) is 5.73 Å². The predicted molar refractivity (Wildman–Crippen MR) is 72.4 cm³/mol. The quantitative estimate of drug-likeness (QED) is 0.801. The highest BCUT2D eigenvalue weighted by molar-refractivity contribution is 9.11. The van der Waals surface area contributed by atoms with Gasteiger partial charge in [-0.1, -0.05) is 11.6 Å². The third-order valence-electron chi connectivity index (χ3n) is 1.79. The van der Waals surface area contributed by atoms with Gasteiger partial charge in [-0.2, -0.15) is 0 Å².